The SMILES string of the molecule is CC/C=C\C/C=C\C/C=C\CCCCCCCC(=O)OC[C@@H]1COP(=O)(O)O[C@H]2[C@H](O)[C@@H](O)[C@H](O)[C@H](C/C=C\CC(=O)O1)[C@@H](O)C[C@@H](O)[C@H](/C=C\[C@H](O)CCCCC)[C@@H](O)[C@H]2O. The molecule has 13 atom stereocenters. The van der Waals surface area contributed by atoms with Gasteiger partial charge < -0.3 is 55.2 Å². The van der Waals surface area contributed by atoms with Crippen LogP contribution in [0.25, 0.3) is 0 Å². The van der Waals surface area contributed by atoms with E-state index >= 15 is 0 Å². The van der Waals surface area contributed by atoms with Crippen molar-refractivity contribution in [3.05, 3.63) is 60.8 Å². The molecule has 0 spiro atoms. The van der Waals surface area contributed by atoms with E-state index in [0.29, 0.717) is 19.3 Å². The van der Waals surface area contributed by atoms with Crippen molar-refractivity contribution in [3.63, 3.8) is 0 Å². The molecule has 1 aliphatic heterocycles. The van der Waals surface area contributed by atoms with Gasteiger partial charge in [0.2, 0.25) is 0 Å². The van der Waals surface area contributed by atoms with Gasteiger partial charge in [0.05, 0.1) is 43.5 Å². The van der Waals surface area contributed by atoms with Gasteiger partial charge in [-0.25, -0.2) is 4.57 Å². The number of allylic oxidation sites excluding steroid dienone is 7. The number of phosphoric acid groups is 1. The van der Waals surface area contributed by atoms with E-state index in [2.05, 4.69) is 43.4 Å². The van der Waals surface area contributed by atoms with Crippen molar-refractivity contribution < 1.29 is 78.4 Å². The Morgan fingerprint density at radius 2 is 1.48 bits per heavy atom. The fraction of sp³-hybridized carbons (Fsp3) is 0.733. The number of aliphatic hydroxyl groups excluding tert-OH is 8. The van der Waals surface area contributed by atoms with E-state index in [1.54, 1.807) is 0 Å². The van der Waals surface area contributed by atoms with Crippen molar-refractivity contribution in [1.29, 1.82) is 0 Å². The fourth-order valence-corrected chi connectivity index (χ4v) is 8.19. The quantitative estimate of drug-likeness (QED) is 0.0331. The van der Waals surface area contributed by atoms with Gasteiger partial charge in [-0.3, -0.25) is 18.6 Å². The van der Waals surface area contributed by atoms with E-state index in [0.717, 1.165) is 64.2 Å². The number of phosphoric ester groups is 1. The molecule has 1 aliphatic carbocycles. The lowest BCUT2D eigenvalue weighted by molar-refractivity contribution is -0.167. The summed E-state index contributed by atoms with van der Waals surface area (Å²) in [6.07, 6.45) is 8.80. The molecule has 9 N–H and O–H groups in total. The number of carbonyl (C=O) groups excluding carboxylic acids is 2. The van der Waals surface area contributed by atoms with Crippen LogP contribution < -0.4 is 0 Å². The first-order valence-corrected chi connectivity index (χ1v) is 23.8. The second kappa shape index (κ2) is 31.3. The first-order chi connectivity index (χ1) is 29.6. The van der Waals surface area contributed by atoms with Gasteiger partial charge in [0, 0.05) is 24.7 Å². The molecule has 2 bridgehead atoms. The van der Waals surface area contributed by atoms with Gasteiger partial charge in [0.1, 0.15) is 31.0 Å². The van der Waals surface area contributed by atoms with Gasteiger partial charge in [-0.05, 0) is 51.4 Å². The molecule has 0 saturated heterocycles. The van der Waals surface area contributed by atoms with E-state index in [-0.39, 0.29) is 19.3 Å². The molecule has 16 nitrogen and oxygen atoms in total. The van der Waals surface area contributed by atoms with Crippen molar-refractivity contribution in [3.8, 4) is 0 Å². The summed E-state index contributed by atoms with van der Waals surface area (Å²) in [5, 5.41) is 89.3. The first kappa shape index (κ1) is 55.6. The number of rotatable bonds is 21. The monoisotopic (exact) mass is 902 g/mol. The minimum absolute atomic E-state index is 0.0786. The second-order valence-corrected chi connectivity index (χ2v) is 17.6. The highest BCUT2D eigenvalue weighted by Gasteiger charge is 2.49. The standard InChI is InChI=1S/C45H75O16P/c1-3-5-7-8-9-10-11-12-13-14-15-16-17-18-20-25-38(49)58-30-33-31-59-62(56,57)61-45-43(54)41(52)35(28-27-32(46)23-19-6-4-2)37(48)29-36(47)34(40(51)42(53)44(45)55)24-21-22-26-39(50)60-33/h5,7,9-10,12-13,21-22,27-28,32-37,40-48,51-55H,3-4,6,8,11,14-20,23-26,29-31H2,1-2H3,(H,56,57)/b7-5-,10-9-,13-12-,22-21-,28-27-/t32-,33-,34-,35+,36+,37-,40-,41-,42+,43-,44-,45-/m1/s1. The molecule has 0 aromatic rings. The molecule has 0 aromatic heterocycles. The maximum Gasteiger partial charge on any atom is 0.472 e. The predicted octanol–water partition coefficient (Wildman–Crippen LogP) is 4.54. The van der Waals surface area contributed by atoms with Crippen LogP contribution in [0.1, 0.15) is 123 Å². The number of ether oxygens (including phenoxy) is 2. The number of hydrogen-bond donors (Lipinski definition) is 9. The van der Waals surface area contributed by atoms with Crippen LogP contribution in [0.2, 0.25) is 0 Å². The van der Waals surface area contributed by atoms with Crippen LogP contribution in [-0.4, -0.2) is 132 Å². The van der Waals surface area contributed by atoms with Crippen LogP contribution in [-0.2, 0) is 32.7 Å². The number of aliphatic hydroxyl groups is 8. The number of esters is 2. The molecule has 17 heteroatoms. The van der Waals surface area contributed by atoms with Crippen LogP contribution >= 0.6 is 7.82 Å². The van der Waals surface area contributed by atoms with Crippen LogP contribution in [0.3, 0.4) is 0 Å². The van der Waals surface area contributed by atoms with Gasteiger partial charge in [0.25, 0.3) is 0 Å². The number of cyclic esters (lactones) is 1. The molecule has 62 heavy (non-hydrogen) atoms. The molecule has 0 radical (unpaired) electrons. The number of unbranched alkanes of at least 4 members (excludes halogenated alkanes) is 7. The van der Waals surface area contributed by atoms with E-state index in [1.807, 2.05) is 6.92 Å². The summed E-state index contributed by atoms with van der Waals surface area (Å²) in [6, 6.07) is 0. The van der Waals surface area contributed by atoms with E-state index in [4.69, 9.17) is 18.5 Å². The lowest BCUT2D eigenvalue weighted by Gasteiger charge is -2.37. The Labute approximate surface area is 367 Å². The number of hydrogen-bond acceptors (Lipinski definition) is 15. The van der Waals surface area contributed by atoms with E-state index in [1.165, 1.54) is 24.3 Å². The summed E-state index contributed by atoms with van der Waals surface area (Å²) in [5.41, 5.74) is 0. The van der Waals surface area contributed by atoms with Crippen LogP contribution in [0.15, 0.2) is 60.8 Å². The summed E-state index contributed by atoms with van der Waals surface area (Å²) in [5.74, 6) is -4.27. The highest BCUT2D eigenvalue weighted by molar-refractivity contribution is 7.47. The Morgan fingerprint density at radius 1 is 0.823 bits per heavy atom. The average molecular weight is 903 g/mol. The first-order valence-electron chi connectivity index (χ1n) is 22.3. The lowest BCUT2D eigenvalue weighted by atomic mass is 9.83. The zero-order valence-electron chi connectivity index (χ0n) is 36.5. The minimum atomic E-state index is -5.43. The third-order valence-electron chi connectivity index (χ3n) is 10.9. The highest BCUT2D eigenvalue weighted by atomic mass is 31.2. The van der Waals surface area contributed by atoms with Crippen molar-refractivity contribution >= 4 is 19.8 Å². The Kier molecular flexibility index (Phi) is 28.1. The van der Waals surface area contributed by atoms with Gasteiger partial charge in [-0.15, -0.1) is 0 Å². The smallest absolute Gasteiger partial charge is 0.462 e. The predicted molar refractivity (Wildman–Crippen MR) is 232 cm³/mol. The summed E-state index contributed by atoms with van der Waals surface area (Å²) in [6.45, 7) is 2.65. The molecule has 356 valence electrons. The van der Waals surface area contributed by atoms with Gasteiger partial charge in [-0.2, -0.15) is 0 Å². The minimum Gasteiger partial charge on any atom is -0.462 e. The topological polar surface area (TPSA) is 270 Å². The molecule has 0 amide bonds. The Hall–Kier alpha value is -2.57. The maximum absolute atomic E-state index is 13.4. The lowest BCUT2D eigenvalue weighted by Crippen LogP contribution is -2.55. The molecular formula is C45H75O16P. The maximum atomic E-state index is 13.4. The third-order valence-corrected chi connectivity index (χ3v) is 11.9. The van der Waals surface area contributed by atoms with Gasteiger partial charge in [-0.1, -0.05) is 113 Å². The Bertz CT molecular complexity index is 1450. The second-order valence-electron chi connectivity index (χ2n) is 16.2. The molecule has 2 rings (SSSR count). The normalized spacial score (nSPS) is 33.3. The highest BCUT2D eigenvalue weighted by Crippen LogP contribution is 2.47. The van der Waals surface area contributed by atoms with E-state index < -0.39 is 112 Å². The zero-order valence-corrected chi connectivity index (χ0v) is 37.4. The summed E-state index contributed by atoms with van der Waals surface area (Å²) in [4.78, 5) is 36.2. The molecule has 1 heterocycles. The summed E-state index contributed by atoms with van der Waals surface area (Å²) < 4.78 is 34.3. The van der Waals surface area contributed by atoms with Crippen molar-refractivity contribution in [2.75, 3.05) is 13.2 Å². The molecule has 2 aliphatic rings. The molecule has 1 unspecified atom stereocenters. The zero-order chi connectivity index (χ0) is 45.9. The van der Waals surface area contributed by atoms with Crippen LogP contribution in [0.4, 0.5) is 0 Å². The number of carbonyl (C=O) groups is 2. The van der Waals surface area contributed by atoms with Crippen LogP contribution in [0.5, 0.6) is 0 Å². The van der Waals surface area contributed by atoms with Crippen LogP contribution in [0, 0.1) is 11.8 Å². The molecule has 1 fully saturated rings. The Balaban J connectivity index is 2.14. The van der Waals surface area contributed by atoms with E-state index in [9.17, 15) is 59.9 Å². The Morgan fingerprint density at radius 3 is 2.19 bits per heavy atom. The summed E-state index contributed by atoms with van der Waals surface area (Å²) >= 11 is 0. The van der Waals surface area contributed by atoms with Crippen molar-refractivity contribution in [2.45, 2.75) is 184 Å². The largest absolute Gasteiger partial charge is 0.472 e. The summed E-state index contributed by atoms with van der Waals surface area (Å²) in [7, 11) is -5.43. The fourth-order valence-electron chi connectivity index (χ4n) is 7.22. The van der Waals surface area contributed by atoms with Crippen molar-refractivity contribution in [1.82, 2.24) is 0 Å². The van der Waals surface area contributed by atoms with Crippen molar-refractivity contribution in [2.24, 2.45) is 11.8 Å². The molecule has 0 aromatic carbocycles. The third kappa shape index (κ3) is 21.9. The number of fused-ring (bicyclic) bond motifs is 4. The van der Waals surface area contributed by atoms with Gasteiger partial charge >= 0.3 is 19.8 Å². The van der Waals surface area contributed by atoms with Gasteiger partial charge in [0.15, 0.2) is 6.10 Å². The molecule has 1 saturated carbocycles. The molecular weight excluding hydrogens is 827 g/mol. The average Bonchev–Trinajstić information content (AvgIpc) is 3.23.